The van der Waals surface area contributed by atoms with Gasteiger partial charge in [0.2, 0.25) is 0 Å². The molecule has 1 aromatic carbocycles. The van der Waals surface area contributed by atoms with Gasteiger partial charge in [0, 0.05) is 29.1 Å². The predicted octanol–water partition coefficient (Wildman–Crippen LogP) is 2.89. The maximum absolute atomic E-state index is 5.65. The van der Waals surface area contributed by atoms with Crippen molar-refractivity contribution in [3.8, 4) is 5.75 Å². The molecule has 2 rings (SSSR count). The minimum absolute atomic E-state index is 0.795. The number of rotatable bonds is 7. The summed E-state index contributed by atoms with van der Waals surface area (Å²) in [6.07, 6.45) is 1.07. The number of benzene rings is 1. The van der Waals surface area contributed by atoms with Gasteiger partial charge in [-0.3, -0.25) is 0 Å². The molecule has 1 aliphatic rings. The van der Waals surface area contributed by atoms with E-state index in [1.54, 1.807) is 0 Å². The number of para-hydroxylation sites is 1. The van der Waals surface area contributed by atoms with Crippen LogP contribution in [0.3, 0.4) is 0 Å². The van der Waals surface area contributed by atoms with Crippen LogP contribution in [0, 0.1) is 0 Å². The lowest BCUT2D eigenvalue weighted by molar-refractivity contribution is 0.308. The minimum Gasteiger partial charge on any atom is -0.494 e. The van der Waals surface area contributed by atoms with Gasteiger partial charge in [-0.1, -0.05) is 18.2 Å². The fourth-order valence-corrected chi connectivity index (χ4v) is 4.47. The third kappa shape index (κ3) is 5.55. The molecule has 0 radical (unpaired) electrons. The summed E-state index contributed by atoms with van der Waals surface area (Å²) in [7, 11) is 0. The van der Waals surface area contributed by atoms with Gasteiger partial charge in [-0.15, -0.1) is 0 Å². The smallest absolute Gasteiger partial charge is 0.119 e. The van der Waals surface area contributed by atoms with E-state index in [1.165, 1.54) is 17.3 Å². The van der Waals surface area contributed by atoms with E-state index in [2.05, 4.69) is 28.8 Å². The molecule has 1 N–H and O–H groups in total. The van der Waals surface area contributed by atoms with Crippen LogP contribution in [-0.4, -0.2) is 42.2 Å². The van der Waals surface area contributed by atoms with Crippen LogP contribution in [0.15, 0.2) is 30.3 Å². The normalized spacial score (nSPS) is 19.7. The van der Waals surface area contributed by atoms with E-state index in [1.807, 2.05) is 30.3 Å². The molecule has 1 unspecified atom stereocenters. The summed E-state index contributed by atoms with van der Waals surface area (Å²) < 4.78 is 5.65. The third-order valence-corrected chi connectivity index (χ3v) is 5.61. The van der Waals surface area contributed by atoms with Crippen molar-refractivity contribution >= 4 is 23.5 Å². The molecule has 18 heavy (non-hydrogen) atoms. The molecule has 0 bridgehead atoms. The lowest BCUT2D eigenvalue weighted by Crippen LogP contribution is -2.30. The first-order valence-corrected chi connectivity index (χ1v) is 8.73. The van der Waals surface area contributed by atoms with Crippen molar-refractivity contribution < 1.29 is 4.74 Å². The highest BCUT2D eigenvalue weighted by Crippen LogP contribution is 2.23. The summed E-state index contributed by atoms with van der Waals surface area (Å²) in [6.45, 7) is 2.99. The van der Waals surface area contributed by atoms with Gasteiger partial charge in [0.15, 0.2) is 0 Å². The Kier molecular flexibility index (Phi) is 6.83. The Hall–Kier alpha value is -0.320. The molecule has 2 nitrogen and oxygen atoms in total. The number of ether oxygens (including phenoxy) is 1. The Morgan fingerprint density at radius 1 is 1.22 bits per heavy atom. The van der Waals surface area contributed by atoms with Gasteiger partial charge in [-0.2, -0.15) is 23.5 Å². The topological polar surface area (TPSA) is 21.3 Å². The van der Waals surface area contributed by atoms with Crippen LogP contribution >= 0.6 is 23.5 Å². The molecule has 4 heteroatoms. The molecule has 1 fully saturated rings. The van der Waals surface area contributed by atoms with Gasteiger partial charge < -0.3 is 10.1 Å². The van der Waals surface area contributed by atoms with Gasteiger partial charge in [-0.25, -0.2) is 0 Å². The van der Waals surface area contributed by atoms with Crippen molar-refractivity contribution in [3.63, 3.8) is 0 Å². The maximum atomic E-state index is 5.65. The lowest BCUT2D eigenvalue weighted by atomic mass is 10.3. The van der Waals surface area contributed by atoms with Crippen molar-refractivity contribution in [1.82, 2.24) is 5.32 Å². The van der Waals surface area contributed by atoms with Crippen LogP contribution in [0.2, 0.25) is 0 Å². The molecule has 0 aromatic heterocycles. The van der Waals surface area contributed by atoms with Crippen molar-refractivity contribution in [2.75, 3.05) is 37.0 Å². The molecule has 1 atom stereocenters. The number of hydrogen-bond acceptors (Lipinski definition) is 4. The average Bonchev–Trinajstić information content (AvgIpc) is 2.45. The van der Waals surface area contributed by atoms with Gasteiger partial charge in [0.25, 0.3) is 0 Å². The van der Waals surface area contributed by atoms with Gasteiger partial charge in [0.1, 0.15) is 5.75 Å². The van der Waals surface area contributed by atoms with E-state index < -0.39 is 0 Å². The van der Waals surface area contributed by atoms with Gasteiger partial charge in [-0.05, 0) is 25.1 Å². The fourth-order valence-electron chi connectivity index (χ4n) is 1.82. The van der Waals surface area contributed by atoms with E-state index >= 15 is 0 Å². The summed E-state index contributed by atoms with van der Waals surface area (Å²) in [5, 5.41) is 4.33. The SMILES string of the molecule is c1ccc(OCCCNCC2CSCCS2)cc1. The summed E-state index contributed by atoms with van der Waals surface area (Å²) in [4.78, 5) is 0. The zero-order valence-corrected chi connectivity index (χ0v) is 12.3. The molecule has 0 aliphatic carbocycles. The quantitative estimate of drug-likeness (QED) is 0.777. The Labute approximate surface area is 118 Å². The van der Waals surface area contributed by atoms with E-state index in [4.69, 9.17) is 4.74 Å². The van der Waals surface area contributed by atoms with Crippen LogP contribution in [-0.2, 0) is 0 Å². The highest BCUT2D eigenvalue weighted by atomic mass is 32.2. The number of nitrogens with one attached hydrogen (secondary N) is 1. The fraction of sp³-hybridized carbons (Fsp3) is 0.571. The zero-order valence-electron chi connectivity index (χ0n) is 10.6. The minimum atomic E-state index is 0.795. The zero-order chi connectivity index (χ0) is 12.5. The molecule has 0 saturated carbocycles. The van der Waals surface area contributed by atoms with Crippen LogP contribution in [0.25, 0.3) is 0 Å². The first-order valence-electron chi connectivity index (χ1n) is 6.53. The van der Waals surface area contributed by atoms with Crippen molar-refractivity contribution in [3.05, 3.63) is 30.3 Å². The molecule has 1 heterocycles. The third-order valence-electron chi connectivity index (χ3n) is 2.77. The number of hydrogen-bond donors (Lipinski definition) is 1. The van der Waals surface area contributed by atoms with E-state index in [0.29, 0.717) is 0 Å². The van der Waals surface area contributed by atoms with Crippen molar-refractivity contribution in [2.24, 2.45) is 0 Å². The Balaban J connectivity index is 1.46. The Bertz CT molecular complexity index is 315. The molecule has 0 spiro atoms. The van der Waals surface area contributed by atoms with E-state index in [-0.39, 0.29) is 0 Å². The lowest BCUT2D eigenvalue weighted by Gasteiger charge is -2.21. The second kappa shape index (κ2) is 8.73. The summed E-state index contributed by atoms with van der Waals surface area (Å²) >= 11 is 4.19. The largest absolute Gasteiger partial charge is 0.494 e. The molecular weight excluding hydrogens is 262 g/mol. The summed E-state index contributed by atoms with van der Waals surface area (Å²) in [6, 6.07) is 10.0. The van der Waals surface area contributed by atoms with E-state index in [0.717, 1.165) is 37.1 Å². The first kappa shape index (κ1) is 14.1. The first-order chi connectivity index (χ1) is 8.95. The van der Waals surface area contributed by atoms with Crippen LogP contribution in [0.1, 0.15) is 6.42 Å². The van der Waals surface area contributed by atoms with Gasteiger partial charge in [0.05, 0.1) is 6.61 Å². The van der Waals surface area contributed by atoms with E-state index in [9.17, 15) is 0 Å². The summed E-state index contributed by atoms with van der Waals surface area (Å²) in [5.41, 5.74) is 0. The second-order valence-corrected chi connectivity index (χ2v) is 6.84. The maximum Gasteiger partial charge on any atom is 0.119 e. The molecule has 0 amide bonds. The standard InChI is InChI=1S/C14H21NOS2/c1-2-5-13(6-3-1)16-8-4-7-15-11-14-12-17-9-10-18-14/h1-3,5-6,14-15H,4,7-12H2. The highest BCUT2D eigenvalue weighted by molar-refractivity contribution is 8.06. The molecule has 100 valence electrons. The predicted molar refractivity (Wildman–Crippen MR) is 83.0 cm³/mol. The number of thioether (sulfide) groups is 2. The molecule has 1 saturated heterocycles. The second-order valence-electron chi connectivity index (χ2n) is 4.29. The van der Waals surface area contributed by atoms with Crippen molar-refractivity contribution in [2.45, 2.75) is 11.7 Å². The van der Waals surface area contributed by atoms with Gasteiger partial charge >= 0.3 is 0 Å². The van der Waals surface area contributed by atoms with Crippen LogP contribution in [0.5, 0.6) is 5.75 Å². The van der Waals surface area contributed by atoms with Crippen molar-refractivity contribution in [1.29, 1.82) is 0 Å². The molecule has 1 aliphatic heterocycles. The Morgan fingerprint density at radius 2 is 2.11 bits per heavy atom. The highest BCUT2D eigenvalue weighted by Gasteiger charge is 2.12. The van der Waals surface area contributed by atoms with Crippen LogP contribution in [0.4, 0.5) is 0 Å². The molecule has 1 aromatic rings. The Morgan fingerprint density at radius 3 is 2.89 bits per heavy atom. The average molecular weight is 283 g/mol. The van der Waals surface area contributed by atoms with Crippen LogP contribution < -0.4 is 10.1 Å². The monoisotopic (exact) mass is 283 g/mol. The summed E-state index contributed by atoms with van der Waals surface area (Å²) in [5.74, 6) is 4.91. The molecular formula is C14H21NOS2.